The summed E-state index contributed by atoms with van der Waals surface area (Å²) >= 11 is 1.35. The fourth-order valence-corrected chi connectivity index (χ4v) is 2.86. The monoisotopic (exact) mass is 284 g/mol. The zero-order chi connectivity index (χ0) is 14.4. The second-order valence-electron chi connectivity index (χ2n) is 5.54. The molecule has 1 heterocycles. The number of hydrogen-bond acceptors (Lipinski definition) is 4. The Morgan fingerprint density at radius 3 is 2.58 bits per heavy atom. The van der Waals surface area contributed by atoms with Gasteiger partial charge in [0.25, 0.3) is 0 Å². The van der Waals surface area contributed by atoms with Crippen LogP contribution in [-0.4, -0.2) is 42.7 Å². The molecular formula is C14H24N2O2S. The molecular weight excluding hydrogens is 260 g/mol. The third-order valence-corrected chi connectivity index (χ3v) is 3.85. The van der Waals surface area contributed by atoms with E-state index in [0.717, 1.165) is 24.4 Å². The predicted molar refractivity (Wildman–Crippen MR) is 79.9 cm³/mol. The van der Waals surface area contributed by atoms with Crippen molar-refractivity contribution in [2.75, 3.05) is 20.6 Å². The molecule has 1 atom stereocenters. The van der Waals surface area contributed by atoms with Gasteiger partial charge in [-0.1, -0.05) is 13.8 Å². The van der Waals surface area contributed by atoms with Crippen LogP contribution in [0.5, 0.6) is 0 Å². The summed E-state index contributed by atoms with van der Waals surface area (Å²) in [6.45, 7) is 6.18. The van der Waals surface area contributed by atoms with Crippen LogP contribution in [-0.2, 0) is 6.54 Å². The van der Waals surface area contributed by atoms with E-state index < -0.39 is 5.97 Å². The summed E-state index contributed by atoms with van der Waals surface area (Å²) in [5.74, 6) is -0.196. The molecule has 0 radical (unpaired) electrons. The van der Waals surface area contributed by atoms with E-state index in [4.69, 9.17) is 5.11 Å². The lowest BCUT2D eigenvalue weighted by Gasteiger charge is -2.23. The number of carboxylic acid groups (broad SMARTS) is 1. The lowest BCUT2D eigenvalue weighted by molar-refractivity contribution is 0.0702. The molecule has 0 aromatic carbocycles. The lowest BCUT2D eigenvalue weighted by atomic mass is 10.0. The summed E-state index contributed by atoms with van der Waals surface area (Å²) in [7, 11) is 4.14. The minimum absolute atomic E-state index is 0.407. The molecule has 19 heavy (non-hydrogen) atoms. The molecule has 0 amide bonds. The highest BCUT2D eigenvalue weighted by Gasteiger charge is 2.13. The standard InChI is InChI=1S/C14H24N2O2S/c1-10(2)7-11(9-16(3)4)15-8-12-5-6-13(19-12)14(17)18/h5-6,10-11,15H,7-9H2,1-4H3,(H,17,18). The molecule has 0 saturated heterocycles. The molecule has 4 nitrogen and oxygen atoms in total. The normalized spacial score (nSPS) is 13.2. The SMILES string of the molecule is CC(C)CC(CN(C)C)NCc1ccc(C(=O)O)s1. The van der Waals surface area contributed by atoms with E-state index in [-0.39, 0.29) is 0 Å². The topological polar surface area (TPSA) is 52.6 Å². The van der Waals surface area contributed by atoms with E-state index in [1.54, 1.807) is 6.07 Å². The molecule has 0 spiro atoms. The molecule has 5 heteroatoms. The van der Waals surface area contributed by atoms with Crippen LogP contribution in [0.1, 0.15) is 34.8 Å². The lowest BCUT2D eigenvalue weighted by Crippen LogP contribution is -2.38. The number of likely N-dealkylation sites (N-methyl/N-ethyl adjacent to an activating group) is 1. The highest BCUT2D eigenvalue weighted by molar-refractivity contribution is 7.13. The molecule has 0 saturated carbocycles. The first-order valence-electron chi connectivity index (χ1n) is 6.58. The minimum atomic E-state index is -0.844. The highest BCUT2D eigenvalue weighted by atomic mass is 32.1. The Hall–Kier alpha value is -0.910. The van der Waals surface area contributed by atoms with Gasteiger partial charge in [0.1, 0.15) is 4.88 Å². The van der Waals surface area contributed by atoms with Crippen LogP contribution in [0.3, 0.4) is 0 Å². The van der Waals surface area contributed by atoms with Gasteiger partial charge < -0.3 is 15.3 Å². The number of nitrogens with one attached hydrogen (secondary N) is 1. The van der Waals surface area contributed by atoms with E-state index in [2.05, 4.69) is 38.2 Å². The van der Waals surface area contributed by atoms with Crippen molar-refractivity contribution >= 4 is 17.3 Å². The van der Waals surface area contributed by atoms with E-state index in [9.17, 15) is 4.79 Å². The smallest absolute Gasteiger partial charge is 0.345 e. The van der Waals surface area contributed by atoms with Gasteiger partial charge in [0.05, 0.1) is 0 Å². The first-order chi connectivity index (χ1) is 8.88. The van der Waals surface area contributed by atoms with Gasteiger partial charge in [0, 0.05) is 24.0 Å². The predicted octanol–water partition coefficient (Wildman–Crippen LogP) is 2.51. The third-order valence-electron chi connectivity index (χ3n) is 2.78. The summed E-state index contributed by atoms with van der Waals surface area (Å²) in [6.07, 6.45) is 1.12. The van der Waals surface area contributed by atoms with Gasteiger partial charge in [0.2, 0.25) is 0 Å². The van der Waals surface area contributed by atoms with E-state index in [0.29, 0.717) is 16.8 Å². The molecule has 0 fully saturated rings. The Balaban J connectivity index is 2.51. The second-order valence-corrected chi connectivity index (χ2v) is 6.71. The van der Waals surface area contributed by atoms with Crippen molar-refractivity contribution in [3.05, 3.63) is 21.9 Å². The van der Waals surface area contributed by atoms with Crippen LogP contribution in [0.2, 0.25) is 0 Å². The largest absolute Gasteiger partial charge is 0.477 e. The molecule has 1 unspecified atom stereocenters. The quantitative estimate of drug-likeness (QED) is 0.770. The molecule has 108 valence electrons. The second kappa shape index (κ2) is 7.62. The Kier molecular flexibility index (Phi) is 6.48. The van der Waals surface area contributed by atoms with Crippen LogP contribution in [0.25, 0.3) is 0 Å². The number of rotatable bonds is 8. The Morgan fingerprint density at radius 2 is 2.11 bits per heavy atom. The fourth-order valence-electron chi connectivity index (χ4n) is 2.07. The van der Waals surface area contributed by atoms with E-state index in [1.165, 1.54) is 11.3 Å². The average Bonchev–Trinajstić information content (AvgIpc) is 2.73. The van der Waals surface area contributed by atoms with Gasteiger partial charge in [-0.05, 0) is 38.6 Å². The van der Waals surface area contributed by atoms with E-state index >= 15 is 0 Å². The molecule has 1 aromatic rings. The molecule has 0 bridgehead atoms. The Morgan fingerprint density at radius 1 is 1.42 bits per heavy atom. The van der Waals surface area contributed by atoms with Crippen molar-refractivity contribution in [3.63, 3.8) is 0 Å². The maximum atomic E-state index is 10.8. The van der Waals surface area contributed by atoms with Crippen molar-refractivity contribution in [2.45, 2.75) is 32.9 Å². The van der Waals surface area contributed by atoms with Gasteiger partial charge in [-0.25, -0.2) is 4.79 Å². The van der Waals surface area contributed by atoms with Crippen LogP contribution in [0, 0.1) is 5.92 Å². The first-order valence-corrected chi connectivity index (χ1v) is 7.40. The Bertz CT molecular complexity index is 392. The number of thiophene rings is 1. The maximum absolute atomic E-state index is 10.8. The highest BCUT2D eigenvalue weighted by Crippen LogP contribution is 2.17. The molecule has 2 N–H and O–H groups in total. The van der Waals surface area contributed by atoms with Crippen molar-refractivity contribution in [1.82, 2.24) is 10.2 Å². The van der Waals surface area contributed by atoms with Crippen molar-refractivity contribution in [2.24, 2.45) is 5.92 Å². The molecule has 1 aromatic heterocycles. The van der Waals surface area contributed by atoms with Crippen LogP contribution in [0.15, 0.2) is 12.1 Å². The van der Waals surface area contributed by atoms with Gasteiger partial charge in [-0.15, -0.1) is 11.3 Å². The summed E-state index contributed by atoms with van der Waals surface area (Å²) in [4.78, 5) is 14.5. The van der Waals surface area contributed by atoms with Crippen molar-refractivity contribution < 1.29 is 9.90 Å². The molecule has 1 rings (SSSR count). The zero-order valence-corrected chi connectivity index (χ0v) is 13.0. The minimum Gasteiger partial charge on any atom is -0.477 e. The van der Waals surface area contributed by atoms with Gasteiger partial charge in [-0.2, -0.15) is 0 Å². The summed E-state index contributed by atoms with van der Waals surface area (Å²) in [5, 5.41) is 12.4. The summed E-state index contributed by atoms with van der Waals surface area (Å²) in [6, 6.07) is 4.00. The number of carboxylic acids is 1. The third kappa shape index (κ3) is 6.18. The molecule has 0 aliphatic heterocycles. The zero-order valence-electron chi connectivity index (χ0n) is 12.1. The number of carbonyl (C=O) groups is 1. The van der Waals surface area contributed by atoms with Crippen LogP contribution < -0.4 is 5.32 Å². The number of aromatic carboxylic acids is 1. The fraction of sp³-hybridized carbons (Fsp3) is 0.643. The first kappa shape index (κ1) is 16.1. The van der Waals surface area contributed by atoms with Gasteiger partial charge in [0.15, 0.2) is 0 Å². The Labute approximate surface area is 119 Å². The van der Waals surface area contributed by atoms with Crippen molar-refractivity contribution in [3.8, 4) is 0 Å². The van der Waals surface area contributed by atoms with Crippen LogP contribution in [0.4, 0.5) is 0 Å². The summed E-state index contributed by atoms with van der Waals surface area (Å²) < 4.78 is 0. The number of hydrogen-bond donors (Lipinski definition) is 2. The average molecular weight is 284 g/mol. The van der Waals surface area contributed by atoms with Crippen LogP contribution >= 0.6 is 11.3 Å². The number of nitrogens with zero attached hydrogens (tertiary/aromatic N) is 1. The summed E-state index contributed by atoms with van der Waals surface area (Å²) in [5.41, 5.74) is 0. The molecule has 0 aliphatic rings. The van der Waals surface area contributed by atoms with Gasteiger partial charge >= 0.3 is 5.97 Å². The van der Waals surface area contributed by atoms with Crippen molar-refractivity contribution in [1.29, 1.82) is 0 Å². The maximum Gasteiger partial charge on any atom is 0.345 e. The van der Waals surface area contributed by atoms with E-state index in [1.807, 2.05) is 6.07 Å². The molecule has 0 aliphatic carbocycles. The van der Waals surface area contributed by atoms with Gasteiger partial charge in [-0.3, -0.25) is 0 Å².